The van der Waals surface area contributed by atoms with Crippen LogP contribution in [0.25, 0.3) is 28.3 Å². The maximum atomic E-state index is 14.9. The van der Waals surface area contributed by atoms with Gasteiger partial charge in [0, 0.05) is 11.1 Å². The van der Waals surface area contributed by atoms with Crippen LogP contribution < -0.4 is 4.74 Å². The molecule has 36 heavy (non-hydrogen) atoms. The second-order valence-corrected chi connectivity index (χ2v) is 9.38. The Bertz CT molecular complexity index is 1240. The Hall–Kier alpha value is -3.27. The third-order valence-electron chi connectivity index (χ3n) is 6.87. The molecular weight excluding hydrogens is 457 g/mol. The lowest BCUT2D eigenvalue weighted by Gasteiger charge is -2.20. The van der Waals surface area contributed by atoms with E-state index in [9.17, 15) is 13.2 Å². The molecule has 188 valence electrons. The zero-order valence-electron chi connectivity index (χ0n) is 21.0. The van der Waals surface area contributed by atoms with Crippen LogP contribution in [0.2, 0.25) is 0 Å². The Kier molecular flexibility index (Phi) is 8.69. The molecule has 0 heterocycles. The molecule has 4 heteroatoms. The van der Waals surface area contributed by atoms with Gasteiger partial charge in [0.25, 0.3) is 0 Å². The quantitative estimate of drug-likeness (QED) is 0.290. The van der Waals surface area contributed by atoms with Gasteiger partial charge in [-0.3, -0.25) is 0 Å². The van der Waals surface area contributed by atoms with Crippen molar-refractivity contribution in [1.82, 2.24) is 0 Å². The minimum Gasteiger partial charge on any atom is -0.491 e. The van der Waals surface area contributed by atoms with Crippen molar-refractivity contribution in [2.45, 2.75) is 52.4 Å². The molecule has 0 aliphatic heterocycles. The summed E-state index contributed by atoms with van der Waals surface area (Å²) < 4.78 is 48.8. The highest BCUT2D eigenvalue weighted by Crippen LogP contribution is 2.32. The van der Waals surface area contributed by atoms with E-state index in [-0.39, 0.29) is 23.7 Å². The van der Waals surface area contributed by atoms with E-state index < -0.39 is 11.6 Å². The van der Waals surface area contributed by atoms with Crippen molar-refractivity contribution >= 4 is 6.08 Å². The van der Waals surface area contributed by atoms with E-state index in [2.05, 4.69) is 13.0 Å². The van der Waals surface area contributed by atoms with E-state index in [0.29, 0.717) is 11.1 Å². The topological polar surface area (TPSA) is 9.23 Å². The van der Waals surface area contributed by atoms with Crippen LogP contribution in [0.5, 0.6) is 5.75 Å². The number of rotatable bonds is 9. The van der Waals surface area contributed by atoms with E-state index in [0.717, 1.165) is 29.9 Å². The Labute approximate surface area is 212 Å². The standard InChI is InChI=1S/C32H33F3O/c1-3-5-6-22-7-9-23(10-8-22)11-12-26-17-18-27(21-29(26)33)24-13-15-25(16-14-24)28-19-20-30(36-4-2)32(35)31(28)34/h9,11-22H,3-8,10H2,1-2H3. The average Bonchev–Trinajstić information content (AvgIpc) is 2.90. The van der Waals surface area contributed by atoms with Gasteiger partial charge in [-0.15, -0.1) is 0 Å². The normalized spacial score (nSPS) is 15.8. The summed E-state index contributed by atoms with van der Waals surface area (Å²) in [6.07, 6.45) is 13.4. The molecule has 1 unspecified atom stereocenters. The fraction of sp³-hybridized carbons (Fsp3) is 0.312. The monoisotopic (exact) mass is 490 g/mol. The van der Waals surface area contributed by atoms with Crippen LogP contribution in [0.1, 0.15) is 57.9 Å². The predicted molar refractivity (Wildman–Crippen MR) is 142 cm³/mol. The first-order chi connectivity index (χ1) is 17.5. The summed E-state index contributed by atoms with van der Waals surface area (Å²) in [4.78, 5) is 0. The molecule has 1 atom stereocenters. The molecule has 3 aromatic rings. The highest BCUT2D eigenvalue weighted by molar-refractivity contribution is 5.72. The maximum Gasteiger partial charge on any atom is 0.201 e. The molecule has 1 nitrogen and oxygen atoms in total. The Balaban J connectivity index is 1.45. The van der Waals surface area contributed by atoms with E-state index in [1.165, 1.54) is 49.5 Å². The van der Waals surface area contributed by atoms with Gasteiger partial charge in [-0.2, -0.15) is 4.39 Å². The van der Waals surface area contributed by atoms with Gasteiger partial charge in [0.2, 0.25) is 5.82 Å². The first kappa shape index (κ1) is 25.8. The predicted octanol–water partition coefficient (Wildman–Crippen LogP) is 9.77. The van der Waals surface area contributed by atoms with Crippen LogP contribution in [-0.2, 0) is 0 Å². The molecule has 0 saturated heterocycles. The fourth-order valence-corrected chi connectivity index (χ4v) is 4.72. The fourth-order valence-electron chi connectivity index (χ4n) is 4.72. The summed E-state index contributed by atoms with van der Waals surface area (Å²) in [5.41, 5.74) is 4.05. The number of hydrogen-bond donors (Lipinski definition) is 0. The minimum atomic E-state index is -0.996. The molecule has 1 aliphatic carbocycles. The van der Waals surface area contributed by atoms with E-state index in [4.69, 9.17) is 4.74 Å². The number of hydrogen-bond acceptors (Lipinski definition) is 1. The second-order valence-electron chi connectivity index (χ2n) is 9.38. The SMILES string of the molecule is CCCCC1CC=C(C=Cc2ccc(-c3ccc(-c4ccc(OCC)c(F)c4F)cc3)cc2F)CC1. The first-order valence-electron chi connectivity index (χ1n) is 12.9. The molecule has 3 aromatic carbocycles. The van der Waals surface area contributed by atoms with Crippen LogP contribution in [0.3, 0.4) is 0 Å². The van der Waals surface area contributed by atoms with Gasteiger partial charge in [0.15, 0.2) is 11.6 Å². The molecule has 0 aromatic heterocycles. The van der Waals surface area contributed by atoms with Crippen LogP contribution in [-0.4, -0.2) is 6.61 Å². The minimum absolute atomic E-state index is 0.101. The Morgan fingerprint density at radius 1 is 0.861 bits per heavy atom. The average molecular weight is 491 g/mol. The van der Waals surface area contributed by atoms with Crippen LogP contribution >= 0.6 is 0 Å². The van der Waals surface area contributed by atoms with Crippen LogP contribution in [0.4, 0.5) is 13.2 Å². The first-order valence-corrected chi connectivity index (χ1v) is 12.9. The number of ether oxygens (including phenoxy) is 1. The van der Waals surface area contributed by atoms with Gasteiger partial charge in [-0.1, -0.05) is 86.4 Å². The van der Waals surface area contributed by atoms with Gasteiger partial charge in [0.05, 0.1) is 6.61 Å². The highest BCUT2D eigenvalue weighted by Gasteiger charge is 2.16. The van der Waals surface area contributed by atoms with E-state index in [1.54, 1.807) is 37.3 Å². The van der Waals surface area contributed by atoms with Gasteiger partial charge in [-0.25, -0.2) is 8.78 Å². The Morgan fingerprint density at radius 2 is 1.61 bits per heavy atom. The number of allylic oxidation sites excluding steroid dienone is 3. The summed E-state index contributed by atoms with van der Waals surface area (Å²) in [5, 5.41) is 0. The van der Waals surface area contributed by atoms with Crippen molar-refractivity contribution in [3.05, 3.63) is 95.3 Å². The number of halogens is 3. The van der Waals surface area contributed by atoms with Gasteiger partial charge < -0.3 is 4.74 Å². The summed E-state index contributed by atoms with van der Waals surface area (Å²) in [7, 11) is 0. The third-order valence-corrected chi connectivity index (χ3v) is 6.87. The summed E-state index contributed by atoms with van der Waals surface area (Å²) in [6.45, 7) is 4.20. The largest absolute Gasteiger partial charge is 0.491 e. The maximum absolute atomic E-state index is 14.9. The van der Waals surface area contributed by atoms with Crippen molar-refractivity contribution in [2.24, 2.45) is 5.92 Å². The van der Waals surface area contributed by atoms with Crippen molar-refractivity contribution in [3.63, 3.8) is 0 Å². The van der Waals surface area contributed by atoms with Crippen molar-refractivity contribution in [2.75, 3.05) is 6.61 Å². The lowest BCUT2D eigenvalue weighted by atomic mass is 9.86. The van der Waals surface area contributed by atoms with E-state index >= 15 is 0 Å². The molecule has 0 bridgehead atoms. The van der Waals surface area contributed by atoms with E-state index in [1.807, 2.05) is 18.2 Å². The highest BCUT2D eigenvalue weighted by atomic mass is 19.2. The zero-order chi connectivity index (χ0) is 25.5. The molecule has 1 aliphatic rings. The van der Waals surface area contributed by atoms with Crippen molar-refractivity contribution < 1.29 is 17.9 Å². The molecule has 0 fully saturated rings. The number of unbranched alkanes of at least 4 members (excludes halogenated alkanes) is 1. The molecule has 0 amide bonds. The van der Waals surface area contributed by atoms with Gasteiger partial charge in [0.1, 0.15) is 5.82 Å². The molecule has 4 rings (SSSR count). The summed E-state index contributed by atoms with van der Waals surface area (Å²) in [5.74, 6) is -1.54. The number of benzene rings is 3. The lowest BCUT2D eigenvalue weighted by Crippen LogP contribution is -2.04. The van der Waals surface area contributed by atoms with Crippen LogP contribution in [0.15, 0.2) is 72.3 Å². The smallest absolute Gasteiger partial charge is 0.201 e. The van der Waals surface area contributed by atoms with Crippen molar-refractivity contribution in [3.8, 4) is 28.0 Å². The second kappa shape index (κ2) is 12.1. The summed E-state index contributed by atoms with van der Waals surface area (Å²) >= 11 is 0. The third kappa shape index (κ3) is 6.10. The lowest BCUT2D eigenvalue weighted by molar-refractivity contribution is 0.314. The van der Waals surface area contributed by atoms with Gasteiger partial charge in [-0.05, 0) is 67.0 Å². The van der Waals surface area contributed by atoms with Gasteiger partial charge >= 0.3 is 0 Å². The van der Waals surface area contributed by atoms with Crippen LogP contribution in [0, 0.1) is 23.4 Å². The molecule has 0 N–H and O–H groups in total. The molecule has 0 radical (unpaired) electrons. The van der Waals surface area contributed by atoms with Crippen molar-refractivity contribution in [1.29, 1.82) is 0 Å². The molecule has 0 saturated carbocycles. The summed E-state index contributed by atoms with van der Waals surface area (Å²) in [6, 6.07) is 15.1. The zero-order valence-corrected chi connectivity index (χ0v) is 21.0. The molecule has 0 spiro atoms. The molecular formula is C32H33F3O. The Morgan fingerprint density at radius 3 is 2.28 bits per heavy atom.